The first-order valence-corrected chi connectivity index (χ1v) is 5.53. The number of rotatable bonds is 2. The molecule has 3 N–H and O–H groups in total. The third-order valence-electron chi connectivity index (χ3n) is 3.50. The van der Waals surface area contributed by atoms with Crippen molar-refractivity contribution in [3.05, 3.63) is 29.8 Å². The summed E-state index contributed by atoms with van der Waals surface area (Å²) in [5, 5.41) is 3.35. The van der Waals surface area contributed by atoms with E-state index in [1.165, 1.54) is 31.7 Å². The molecule has 80 valence electrons. The second-order valence-electron chi connectivity index (χ2n) is 4.99. The average Bonchev–Trinajstić information content (AvgIpc) is 2.10. The predicted molar refractivity (Wildman–Crippen MR) is 61.4 cm³/mol. The van der Waals surface area contributed by atoms with Gasteiger partial charge in [0, 0.05) is 43.8 Å². The lowest BCUT2D eigenvalue weighted by atomic mass is 9.74. The van der Waals surface area contributed by atoms with Crippen LogP contribution in [0.2, 0.25) is 0 Å². The minimum Gasteiger partial charge on any atom is -0.399 e. The van der Waals surface area contributed by atoms with Crippen molar-refractivity contribution >= 4 is 5.69 Å². The van der Waals surface area contributed by atoms with E-state index >= 15 is 0 Å². The van der Waals surface area contributed by atoms with E-state index in [0.29, 0.717) is 5.41 Å². The molecule has 1 aromatic carbocycles. The number of hydrogen-bond acceptors (Lipinski definition) is 3. The lowest BCUT2D eigenvalue weighted by Gasteiger charge is -2.56. The molecule has 0 aliphatic carbocycles. The zero-order chi connectivity index (χ0) is 10.3. The van der Waals surface area contributed by atoms with Crippen LogP contribution in [0.3, 0.4) is 0 Å². The van der Waals surface area contributed by atoms with Crippen molar-refractivity contribution in [2.75, 3.05) is 31.9 Å². The smallest absolute Gasteiger partial charge is 0.0314 e. The summed E-state index contributed by atoms with van der Waals surface area (Å²) in [6, 6.07) is 8.21. The number of nitrogen functional groups attached to an aromatic ring is 1. The van der Waals surface area contributed by atoms with Crippen molar-refractivity contribution in [1.82, 2.24) is 10.2 Å². The van der Waals surface area contributed by atoms with Crippen molar-refractivity contribution < 1.29 is 0 Å². The Morgan fingerprint density at radius 1 is 1.20 bits per heavy atom. The Labute approximate surface area is 90.3 Å². The number of likely N-dealkylation sites (tertiary alicyclic amines) is 1. The van der Waals surface area contributed by atoms with E-state index in [0.717, 1.165) is 12.2 Å². The van der Waals surface area contributed by atoms with Crippen LogP contribution in [-0.4, -0.2) is 31.1 Å². The Bertz CT molecular complexity index is 346. The number of nitrogens with two attached hydrogens (primary N) is 1. The SMILES string of the molecule is Nc1ccc(CN2CC3(CNC3)C2)cc1. The van der Waals surface area contributed by atoms with Gasteiger partial charge in [-0.15, -0.1) is 0 Å². The molecule has 2 heterocycles. The fourth-order valence-corrected chi connectivity index (χ4v) is 2.60. The summed E-state index contributed by atoms with van der Waals surface area (Å²) in [6.07, 6.45) is 0. The first-order valence-electron chi connectivity index (χ1n) is 5.53. The van der Waals surface area contributed by atoms with E-state index in [-0.39, 0.29) is 0 Å². The van der Waals surface area contributed by atoms with Gasteiger partial charge in [0.05, 0.1) is 0 Å². The van der Waals surface area contributed by atoms with Crippen molar-refractivity contribution in [3.8, 4) is 0 Å². The van der Waals surface area contributed by atoms with E-state index in [2.05, 4.69) is 22.3 Å². The van der Waals surface area contributed by atoms with Crippen LogP contribution >= 0.6 is 0 Å². The van der Waals surface area contributed by atoms with Crippen LogP contribution in [-0.2, 0) is 6.54 Å². The fourth-order valence-electron chi connectivity index (χ4n) is 2.60. The van der Waals surface area contributed by atoms with Gasteiger partial charge < -0.3 is 11.1 Å². The minimum absolute atomic E-state index is 0.633. The van der Waals surface area contributed by atoms with E-state index in [4.69, 9.17) is 5.73 Å². The van der Waals surface area contributed by atoms with Gasteiger partial charge >= 0.3 is 0 Å². The normalized spacial score (nSPS) is 23.5. The Hall–Kier alpha value is -1.06. The number of hydrogen-bond donors (Lipinski definition) is 2. The minimum atomic E-state index is 0.633. The van der Waals surface area contributed by atoms with Crippen LogP contribution < -0.4 is 11.1 Å². The molecule has 2 aliphatic rings. The molecule has 0 unspecified atom stereocenters. The second kappa shape index (κ2) is 3.22. The summed E-state index contributed by atoms with van der Waals surface area (Å²) in [7, 11) is 0. The molecule has 0 aromatic heterocycles. The largest absolute Gasteiger partial charge is 0.399 e. The molecule has 2 fully saturated rings. The topological polar surface area (TPSA) is 41.3 Å². The van der Waals surface area contributed by atoms with E-state index in [9.17, 15) is 0 Å². The Kier molecular flexibility index (Phi) is 1.97. The molecule has 3 nitrogen and oxygen atoms in total. The highest BCUT2D eigenvalue weighted by molar-refractivity contribution is 5.39. The van der Waals surface area contributed by atoms with Crippen LogP contribution in [0.4, 0.5) is 5.69 Å². The van der Waals surface area contributed by atoms with Gasteiger partial charge in [-0.25, -0.2) is 0 Å². The predicted octanol–water partition coefficient (Wildman–Crippen LogP) is 0.674. The molecule has 0 atom stereocenters. The zero-order valence-electron chi connectivity index (χ0n) is 8.87. The van der Waals surface area contributed by atoms with Gasteiger partial charge in [0.25, 0.3) is 0 Å². The number of benzene rings is 1. The summed E-state index contributed by atoms with van der Waals surface area (Å²) >= 11 is 0. The van der Waals surface area contributed by atoms with Gasteiger partial charge in [-0.2, -0.15) is 0 Å². The van der Waals surface area contributed by atoms with Crippen LogP contribution in [0.5, 0.6) is 0 Å². The molecule has 0 saturated carbocycles. The van der Waals surface area contributed by atoms with Gasteiger partial charge in [0.2, 0.25) is 0 Å². The maximum absolute atomic E-state index is 5.66. The molecule has 0 radical (unpaired) electrons. The maximum atomic E-state index is 5.66. The monoisotopic (exact) mass is 203 g/mol. The van der Waals surface area contributed by atoms with E-state index in [1.54, 1.807) is 0 Å². The van der Waals surface area contributed by atoms with Gasteiger partial charge in [-0.3, -0.25) is 4.90 Å². The van der Waals surface area contributed by atoms with E-state index < -0.39 is 0 Å². The first-order chi connectivity index (χ1) is 7.26. The Balaban J connectivity index is 1.56. The first kappa shape index (κ1) is 9.19. The van der Waals surface area contributed by atoms with Gasteiger partial charge in [0.1, 0.15) is 0 Å². The summed E-state index contributed by atoms with van der Waals surface area (Å²) in [4.78, 5) is 2.51. The van der Waals surface area contributed by atoms with Crippen molar-refractivity contribution in [3.63, 3.8) is 0 Å². The number of nitrogens with one attached hydrogen (secondary N) is 1. The molecule has 2 saturated heterocycles. The van der Waals surface area contributed by atoms with Gasteiger partial charge in [-0.05, 0) is 17.7 Å². The van der Waals surface area contributed by atoms with Crippen molar-refractivity contribution in [2.45, 2.75) is 6.54 Å². The summed E-state index contributed by atoms with van der Waals surface area (Å²) in [6.45, 7) is 6.01. The molecular formula is C12H17N3. The van der Waals surface area contributed by atoms with Crippen LogP contribution in [0.25, 0.3) is 0 Å². The lowest BCUT2D eigenvalue weighted by Crippen LogP contribution is -2.70. The fraction of sp³-hybridized carbons (Fsp3) is 0.500. The molecular weight excluding hydrogens is 186 g/mol. The highest BCUT2D eigenvalue weighted by atomic mass is 15.3. The third-order valence-corrected chi connectivity index (χ3v) is 3.50. The molecule has 3 heteroatoms. The van der Waals surface area contributed by atoms with Crippen LogP contribution in [0.15, 0.2) is 24.3 Å². The van der Waals surface area contributed by atoms with Gasteiger partial charge in [0.15, 0.2) is 0 Å². The third kappa shape index (κ3) is 1.62. The molecule has 0 bridgehead atoms. The Morgan fingerprint density at radius 2 is 1.87 bits per heavy atom. The molecule has 2 aliphatic heterocycles. The summed E-state index contributed by atoms with van der Waals surface area (Å²) in [5.74, 6) is 0. The standard InChI is InChI=1S/C12H17N3/c13-11-3-1-10(2-4-11)5-15-8-12(9-15)6-14-7-12/h1-4,14H,5-9,13H2. The van der Waals surface area contributed by atoms with Crippen LogP contribution in [0, 0.1) is 5.41 Å². The molecule has 1 spiro atoms. The van der Waals surface area contributed by atoms with E-state index in [1.807, 2.05) is 12.1 Å². The van der Waals surface area contributed by atoms with Crippen molar-refractivity contribution in [1.29, 1.82) is 0 Å². The highest BCUT2D eigenvalue weighted by Crippen LogP contribution is 2.34. The van der Waals surface area contributed by atoms with Gasteiger partial charge in [-0.1, -0.05) is 12.1 Å². The summed E-state index contributed by atoms with van der Waals surface area (Å²) in [5.41, 5.74) is 8.50. The number of anilines is 1. The average molecular weight is 203 g/mol. The Morgan fingerprint density at radius 3 is 2.40 bits per heavy atom. The summed E-state index contributed by atoms with van der Waals surface area (Å²) < 4.78 is 0. The van der Waals surface area contributed by atoms with Crippen molar-refractivity contribution in [2.24, 2.45) is 5.41 Å². The quantitative estimate of drug-likeness (QED) is 0.694. The molecule has 3 rings (SSSR count). The zero-order valence-corrected chi connectivity index (χ0v) is 8.87. The molecule has 15 heavy (non-hydrogen) atoms. The number of nitrogens with zero attached hydrogens (tertiary/aromatic N) is 1. The van der Waals surface area contributed by atoms with Crippen LogP contribution in [0.1, 0.15) is 5.56 Å². The lowest BCUT2D eigenvalue weighted by molar-refractivity contribution is -0.0444. The molecule has 0 amide bonds. The second-order valence-corrected chi connectivity index (χ2v) is 4.99. The maximum Gasteiger partial charge on any atom is 0.0314 e. The highest BCUT2D eigenvalue weighted by Gasteiger charge is 2.46. The molecule has 1 aromatic rings.